The lowest BCUT2D eigenvalue weighted by atomic mass is 9.88. The number of ether oxygens (including phenoxy) is 1. The van der Waals surface area contributed by atoms with Crippen LogP contribution in [0.25, 0.3) is 0 Å². The van der Waals surface area contributed by atoms with E-state index in [9.17, 15) is 18.0 Å². The van der Waals surface area contributed by atoms with Crippen molar-refractivity contribution in [3.63, 3.8) is 0 Å². The number of nitrogens with one attached hydrogen (secondary N) is 2. The second kappa shape index (κ2) is 12.1. The van der Waals surface area contributed by atoms with Crippen molar-refractivity contribution in [3.05, 3.63) is 102 Å². The average molecular weight is 481 g/mol. The zero-order valence-electron chi connectivity index (χ0n) is 18.9. The van der Waals surface area contributed by atoms with Crippen LogP contribution in [0.4, 0.5) is 0 Å². The van der Waals surface area contributed by atoms with Gasteiger partial charge in [0.15, 0.2) is 6.61 Å². The fourth-order valence-corrected chi connectivity index (χ4v) is 4.42. The summed E-state index contributed by atoms with van der Waals surface area (Å²) < 4.78 is 31.5. The molecule has 0 aliphatic heterocycles. The molecule has 0 aliphatic rings. The zero-order chi connectivity index (χ0) is 24.4. The smallest absolute Gasteiger partial charge is 0.321 e. The summed E-state index contributed by atoms with van der Waals surface area (Å²) in [6, 6.07) is 26.3. The van der Waals surface area contributed by atoms with E-state index in [1.165, 1.54) is 12.1 Å². The molecule has 34 heavy (non-hydrogen) atoms. The van der Waals surface area contributed by atoms with Gasteiger partial charge in [-0.05, 0) is 36.6 Å². The molecule has 178 valence electrons. The maximum atomic E-state index is 12.2. The SMILES string of the molecule is Cc1ccc(S(=O)(=O)NCC(=O)OCC(=O)NCCC(c2ccccc2)c2ccccc2)cc1. The van der Waals surface area contributed by atoms with Crippen LogP contribution in [0.5, 0.6) is 0 Å². The van der Waals surface area contributed by atoms with Gasteiger partial charge in [-0.3, -0.25) is 9.59 Å². The van der Waals surface area contributed by atoms with Gasteiger partial charge in [0.1, 0.15) is 6.54 Å². The topological polar surface area (TPSA) is 102 Å². The Morgan fingerprint density at radius 1 is 0.853 bits per heavy atom. The number of carbonyl (C=O) groups excluding carboxylic acids is 2. The van der Waals surface area contributed by atoms with Crippen molar-refractivity contribution < 1.29 is 22.7 Å². The van der Waals surface area contributed by atoms with Gasteiger partial charge < -0.3 is 10.1 Å². The Morgan fingerprint density at radius 2 is 1.41 bits per heavy atom. The van der Waals surface area contributed by atoms with Crippen molar-refractivity contribution in [3.8, 4) is 0 Å². The molecule has 0 heterocycles. The van der Waals surface area contributed by atoms with Gasteiger partial charge in [0.25, 0.3) is 5.91 Å². The van der Waals surface area contributed by atoms with Gasteiger partial charge in [0.2, 0.25) is 10.0 Å². The minimum absolute atomic E-state index is 0.0510. The number of aryl methyl sites for hydroxylation is 1. The fraction of sp³-hybridized carbons (Fsp3) is 0.231. The molecule has 8 heteroatoms. The summed E-state index contributed by atoms with van der Waals surface area (Å²) in [4.78, 5) is 24.1. The normalized spacial score (nSPS) is 11.2. The van der Waals surface area contributed by atoms with Crippen LogP contribution in [-0.2, 0) is 24.3 Å². The molecule has 0 atom stereocenters. The monoisotopic (exact) mass is 480 g/mol. The molecule has 3 rings (SSSR count). The molecule has 0 unspecified atom stereocenters. The quantitative estimate of drug-likeness (QED) is 0.411. The van der Waals surface area contributed by atoms with Crippen LogP contribution in [-0.4, -0.2) is 40.0 Å². The average Bonchev–Trinajstić information content (AvgIpc) is 2.85. The lowest BCUT2D eigenvalue weighted by Crippen LogP contribution is -2.34. The zero-order valence-corrected chi connectivity index (χ0v) is 19.8. The molecule has 3 aromatic carbocycles. The minimum Gasteiger partial charge on any atom is -0.455 e. The standard InChI is InChI=1S/C26H28N2O5S/c1-20-12-14-23(15-13-20)34(31,32)28-18-26(30)33-19-25(29)27-17-16-24(21-8-4-2-5-9-21)22-10-6-3-7-11-22/h2-15,24,28H,16-19H2,1H3,(H,27,29). The Bertz CT molecular complexity index is 1140. The van der Waals surface area contributed by atoms with Crippen LogP contribution in [0.15, 0.2) is 89.8 Å². The highest BCUT2D eigenvalue weighted by molar-refractivity contribution is 7.89. The Hall–Kier alpha value is -3.49. The predicted octanol–water partition coefficient (Wildman–Crippen LogP) is 3.15. The van der Waals surface area contributed by atoms with Gasteiger partial charge >= 0.3 is 5.97 Å². The van der Waals surface area contributed by atoms with Crippen molar-refractivity contribution in [2.75, 3.05) is 19.7 Å². The number of esters is 1. The van der Waals surface area contributed by atoms with Gasteiger partial charge in [-0.15, -0.1) is 0 Å². The summed E-state index contributed by atoms with van der Waals surface area (Å²) in [6.45, 7) is 1.20. The number of hydrogen-bond donors (Lipinski definition) is 2. The van der Waals surface area contributed by atoms with Crippen LogP contribution in [0.3, 0.4) is 0 Å². The van der Waals surface area contributed by atoms with Crippen molar-refractivity contribution in [2.45, 2.75) is 24.2 Å². The summed E-state index contributed by atoms with van der Waals surface area (Å²) in [5.41, 5.74) is 3.22. The molecule has 2 N–H and O–H groups in total. The predicted molar refractivity (Wildman–Crippen MR) is 130 cm³/mol. The maximum absolute atomic E-state index is 12.2. The number of rotatable bonds is 11. The van der Waals surface area contributed by atoms with E-state index in [1.807, 2.05) is 43.3 Å². The van der Waals surface area contributed by atoms with Gasteiger partial charge in [0.05, 0.1) is 4.90 Å². The van der Waals surface area contributed by atoms with E-state index < -0.39 is 35.1 Å². The lowest BCUT2D eigenvalue weighted by Gasteiger charge is -2.18. The third kappa shape index (κ3) is 7.54. The van der Waals surface area contributed by atoms with E-state index in [0.717, 1.165) is 16.7 Å². The summed E-state index contributed by atoms with van der Waals surface area (Å²) in [5, 5.41) is 2.76. The van der Waals surface area contributed by atoms with E-state index in [4.69, 9.17) is 4.74 Å². The molecule has 0 saturated heterocycles. The van der Waals surface area contributed by atoms with E-state index in [1.54, 1.807) is 12.1 Å². The van der Waals surface area contributed by atoms with Crippen molar-refractivity contribution >= 4 is 21.9 Å². The molecule has 0 fully saturated rings. The first-order valence-electron chi connectivity index (χ1n) is 10.9. The Morgan fingerprint density at radius 3 is 1.97 bits per heavy atom. The molecule has 0 aromatic heterocycles. The van der Waals surface area contributed by atoms with Gasteiger partial charge in [-0.2, -0.15) is 4.72 Å². The van der Waals surface area contributed by atoms with E-state index in [-0.39, 0.29) is 10.8 Å². The second-order valence-electron chi connectivity index (χ2n) is 7.81. The van der Waals surface area contributed by atoms with Gasteiger partial charge in [-0.25, -0.2) is 8.42 Å². The molecule has 3 aromatic rings. The highest BCUT2D eigenvalue weighted by Gasteiger charge is 2.17. The first kappa shape index (κ1) is 25.1. The first-order chi connectivity index (χ1) is 16.3. The molecule has 0 aliphatic carbocycles. The van der Waals surface area contributed by atoms with E-state index >= 15 is 0 Å². The van der Waals surface area contributed by atoms with Crippen LogP contribution >= 0.6 is 0 Å². The summed E-state index contributed by atoms with van der Waals surface area (Å²) in [7, 11) is -3.84. The minimum atomic E-state index is -3.84. The molecular weight excluding hydrogens is 452 g/mol. The molecule has 0 radical (unpaired) electrons. The molecule has 0 saturated carbocycles. The highest BCUT2D eigenvalue weighted by atomic mass is 32.2. The first-order valence-corrected chi connectivity index (χ1v) is 12.4. The van der Waals surface area contributed by atoms with Crippen LogP contribution < -0.4 is 10.0 Å². The molecule has 1 amide bonds. The van der Waals surface area contributed by atoms with Gasteiger partial charge in [0, 0.05) is 12.5 Å². The number of carbonyl (C=O) groups is 2. The number of amides is 1. The Balaban J connectivity index is 1.43. The maximum Gasteiger partial charge on any atom is 0.321 e. The summed E-state index contributed by atoms with van der Waals surface area (Å²) >= 11 is 0. The van der Waals surface area contributed by atoms with Crippen molar-refractivity contribution in [1.29, 1.82) is 0 Å². The Kier molecular flexibility index (Phi) is 8.95. The van der Waals surface area contributed by atoms with Crippen LogP contribution in [0, 0.1) is 6.92 Å². The van der Waals surface area contributed by atoms with E-state index in [2.05, 4.69) is 34.3 Å². The largest absolute Gasteiger partial charge is 0.455 e. The van der Waals surface area contributed by atoms with Crippen LogP contribution in [0.1, 0.15) is 29.0 Å². The summed E-state index contributed by atoms with van der Waals surface area (Å²) in [6.07, 6.45) is 0.671. The molecule has 0 bridgehead atoms. The van der Waals surface area contributed by atoms with E-state index in [0.29, 0.717) is 13.0 Å². The van der Waals surface area contributed by atoms with Crippen molar-refractivity contribution in [1.82, 2.24) is 10.0 Å². The molecule has 0 spiro atoms. The third-order valence-electron chi connectivity index (χ3n) is 5.26. The third-order valence-corrected chi connectivity index (χ3v) is 6.68. The highest BCUT2D eigenvalue weighted by Crippen LogP contribution is 2.27. The number of benzene rings is 3. The number of sulfonamides is 1. The second-order valence-corrected chi connectivity index (χ2v) is 9.58. The van der Waals surface area contributed by atoms with Gasteiger partial charge in [-0.1, -0.05) is 78.4 Å². The summed E-state index contributed by atoms with van der Waals surface area (Å²) in [5.74, 6) is -1.17. The lowest BCUT2D eigenvalue weighted by molar-refractivity contribution is -0.147. The number of hydrogen-bond acceptors (Lipinski definition) is 5. The molecule has 7 nitrogen and oxygen atoms in total. The fourth-order valence-electron chi connectivity index (χ4n) is 3.46. The van der Waals surface area contributed by atoms with Crippen molar-refractivity contribution in [2.24, 2.45) is 0 Å². The Labute approximate surface area is 200 Å². The van der Waals surface area contributed by atoms with Crippen LogP contribution in [0.2, 0.25) is 0 Å². The molecular formula is C26H28N2O5S.